The van der Waals surface area contributed by atoms with Crippen molar-refractivity contribution in [3.05, 3.63) is 59.2 Å². The minimum Gasteiger partial charge on any atom is -0.472 e. The van der Waals surface area contributed by atoms with Crippen LogP contribution in [0, 0.1) is 0 Å². The van der Waals surface area contributed by atoms with Gasteiger partial charge in [-0.2, -0.15) is 4.31 Å². The van der Waals surface area contributed by atoms with E-state index in [2.05, 4.69) is 4.98 Å². The molecule has 2 aromatic rings. The van der Waals surface area contributed by atoms with E-state index in [0.29, 0.717) is 24.0 Å². The number of halogens is 1. The number of sulfonamides is 1. The summed E-state index contributed by atoms with van der Waals surface area (Å²) < 4.78 is 31.6. The number of hydrogen-bond acceptors (Lipinski definition) is 4. The summed E-state index contributed by atoms with van der Waals surface area (Å²) in [6.45, 7) is 0.693. The van der Waals surface area contributed by atoms with Crippen LogP contribution < -0.4 is 4.74 Å². The van der Waals surface area contributed by atoms with Gasteiger partial charge in [-0.25, -0.2) is 13.4 Å². The van der Waals surface area contributed by atoms with E-state index in [4.69, 9.17) is 16.3 Å². The average molecular weight is 339 g/mol. The molecule has 0 N–H and O–H groups in total. The first-order valence-electron chi connectivity index (χ1n) is 6.83. The van der Waals surface area contributed by atoms with Gasteiger partial charge in [0, 0.05) is 12.3 Å². The van der Waals surface area contributed by atoms with Crippen LogP contribution in [-0.2, 0) is 15.8 Å². The van der Waals surface area contributed by atoms with Crippen molar-refractivity contribution in [1.29, 1.82) is 0 Å². The first kappa shape index (κ1) is 15.3. The Hall–Kier alpha value is -1.63. The molecule has 0 saturated carbocycles. The van der Waals surface area contributed by atoms with E-state index in [-0.39, 0.29) is 11.9 Å². The number of hydrogen-bond donors (Lipinski definition) is 0. The van der Waals surface area contributed by atoms with E-state index < -0.39 is 10.0 Å². The third kappa shape index (κ3) is 3.58. The fourth-order valence-corrected chi connectivity index (χ4v) is 3.88. The fraction of sp³-hybridized carbons (Fsp3) is 0.267. The number of nitrogens with zero attached hydrogens (tertiary/aromatic N) is 2. The van der Waals surface area contributed by atoms with Crippen LogP contribution in [0.2, 0.25) is 5.02 Å². The molecule has 7 heteroatoms. The molecule has 0 unspecified atom stereocenters. The van der Waals surface area contributed by atoms with Crippen LogP contribution in [0.15, 0.2) is 48.7 Å². The van der Waals surface area contributed by atoms with Crippen LogP contribution in [0.5, 0.6) is 5.88 Å². The quantitative estimate of drug-likeness (QED) is 0.839. The molecule has 0 atom stereocenters. The first-order chi connectivity index (χ1) is 10.5. The number of benzene rings is 1. The van der Waals surface area contributed by atoms with Gasteiger partial charge in [-0.3, -0.25) is 0 Å². The van der Waals surface area contributed by atoms with Crippen molar-refractivity contribution in [3.8, 4) is 5.88 Å². The van der Waals surface area contributed by atoms with Crippen molar-refractivity contribution in [2.75, 3.05) is 13.1 Å². The number of ether oxygens (including phenoxy) is 1. The van der Waals surface area contributed by atoms with Crippen LogP contribution in [0.3, 0.4) is 0 Å². The molecule has 3 rings (SSSR count). The predicted octanol–water partition coefficient (Wildman–Crippen LogP) is 2.33. The second kappa shape index (κ2) is 6.24. The van der Waals surface area contributed by atoms with Crippen LogP contribution in [0.1, 0.15) is 5.56 Å². The Kier molecular flexibility index (Phi) is 4.33. The predicted molar refractivity (Wildman–Crippen MR) is 84.3 cm³/mol. The van der Waals surface area contributed by atoms with Gasteiger partial charge in [-0.05, 0) is 11.6 Å². The molecule has 2 heterocycles. The standard InChI is InChI=1S/C15H15ClN2O3S/c16-13-6-7-15(17-8-13)21-14-9-18(10-14)22(19,20)11-12-4-2-1-3-5-12/h1-8,14H,9-11H2. The van der Waals surface area contributed by atoms with E-state index in [1.54, 1.807) is 12.1 Å². The molecule has 22 heavy (non-hydrogen) atoms. The summed E-state index contributed by atoms with van der Waals surface area (Å²) in [6.07, 6.45) is 1.33. The van der Waals surface area contributed by atoms with Crippen LogP contribution >= 0.6 is 11.6 Å². The normalized spacial score (nSPS) is 16.2. The third-order valence-corrected chi connectivity index (χ3v) is 5.39. The van der Waals surface area contributed by atoms with Gasteiger partial charge in [0.1, 0.15) is 6.10 Å². The molecular weight excluding hydrogens is 324 g/mol. The molecule has 0 bridgehead atoms. The fourth-order valence-electron chi connectivity index (χ4n) is 2.18. The second-order valence-electron chi connectivity index (χ2n) is 5.11. The highest BCUT2D eigenvalue weighted by molar-refractivity contribution is 7.88. The lowest BCUT2D eigenvalue weighted by Crippen LogP contribution is -2.56. The Morgan fingerprint density at radius 1 is 1.18 bits per heavy atom. The summed E-state index contributed by atoms with van der Waals surface area (Å²) in [5, 5.41) is 0.535. The molecule has 1 aliphatic rings. The van der Waals surface area contributed by atoms with Crippen molar-refractivity contribution >= 4 is 21.6 Å². The zero-order valence-corrected chi connectivity index (χ0v) is 13.3. The molecule has 0 spiro atoms. The maximum Gasteiger partial charge on any atom is 0.218 e. The first-order valence-corrected chi connectivity index (χ1v) is 8.81. The minimum atomic E-state index is -3.30. The summed E-state index contributed by atoms with van der Waals surface area (Å²) in [5.74, 6) is 0.467. The lowest BCUT2D eigenvalue weighted by Gasteiger charge is -2.37. The van der Waals surface area contributed by atoms with E-state index >= 15 is 0 Å². The van der Waals surface area contributed by atoms with Crippen molar-refractivity contribution in [2.24, 2.45) is 0 Å². The largest absolute Gasteiger partial charge is 0.472 e. The topological polar surface area (TPSA) is 59.5 Å². The highest BCUT2D eigenvalue weighted by Gasteiger charge is 2.37. The maximum absolute atomic E-state index is 12.3. The summed E-state index contributed by atoms with van der Waals surface area (Å²) >= 11 is 5.75. The molecule has 116 valence electrons. The SMILES string of the molecule is O=S(=O)(Cc1ccccc1)N1CC(Oc2ccc(Cl)cn2)C1. The molecule has 1 aliphatic heterocycles. The Bertz CT molecular complexity index is 729. The Labute approximate surface area is 134 Å². The van der Waals surface area contributed by atoms with Crippen LogP contribution in [0.4, 0.5) is 0 Å². The van der Waals surface area contributed by atoms with Gasteiger partial charge in [0.15, 0.2) is 0 Å². The maximum atomic E-state index is 12.3. The van der Waals surface area contributed by atoms with Gasteiger partial charge in [-0.15, -0.1) is 0 Å². The molecule has 0 amide bonds. The van der Waals surface area contributed by atoms with Gasteiger partial charge < -0.3 is 4.74 Å². The third-order valence-electron chi connectivity index (χ3n) is 3.39. The summed E-state index contributed by atoms with van der Waals surface area (Å²) in [6, 6.07) is 12.5. The van der Waals surface area contributed by atoms with Crippen LogP contribution in [0.25, 0.3) is 0 Å². The van der Waals surface area contributed by atoms with Crippen molar-refractivity contribution < 1.29 is 13.2 Å². The molecular formula is C15H15ClN2O3S. The number of pyridine rings is 1. The molecule has 1 aromatic carbocycles. The lowest BCUT2D eigenvalue weighted by atomic mass is 10.2. The molecule has 0 radical (unpaired) electrons. The lowest BCUT2D eigenvalue weighted by molar-refractivity contribution is 0.0720. The average Bonchev–Trinajstić information content (AvgIpc) is 2.44. The molecule has 1 aromatic heterocycles. The molecule has 0 aliphatic carbocycles. The zero-order chi connectivity index (χ0) is 15.6. The van der Waals surface area contributed by atoms with Crippen molar-refractivity contribution in [3.63, 3.8) is 0 Å². The Morgan fingerprint density at radius 2 is 1.91 bits per heavy atom. The highest BCUT2D eigenvalue weighted by Crippen LogP contribution is 2.22. The Balaban J connectivity index is 1.55. The van der Waals surface area contributed by atoms with Gasteiger partial charge in [0.2, 0.25) is 15.9 Å². The van der Waals surface area contributed by atoms with Gasteiger partial charge in [-0.1, -0.05) is 41.9 Å². The van der Waals surface area contributed by atoms with E-state index in [9.17, 15) is 8.42 Å². The van der Waals surface area contributed by atoms with Crippen LogP contribution in [-0.4, -0.2) is 36.9 Å². The summed E-state index contributed by atoms with van der Waals surface area (Å²) in [4.78, 5) is 4.03. The smallest absolute Gasteiger partial charge is 0.218 e. The Morgan fingerprint density at radius 3 is 2.55 bits per heavy atom. The molecule has 5 nitrogen and oxygen atoms in total. The highest BCUT2D eigenvalue weighted by atomic mass is 35.5. The van der Waals surface area contributed by atoms with Crippen molar-refractivity contribution in [1.82, 2.24) is 9.29 Å². The number of aromatic nitrogens is 1. The second-order valence-corrected chi connectivity index (χ2v) is 7.52. The van der Waals surface area contributed by atoms with Crippen molar-refractivity contribution in [2.45, 2.75) is 11.9 Å². The zero-order valence-electron chi connectivity index (χ0n) is 11.7. The van der Waals surface area contributed by atoms with E-state index in [1.165, 1.54) is 10.5 Å². The summed E-state index contributed by atoms with van der Waals surface area (Å²) in [5.41, 5.74) is 0.784. The minimum absolute atomic E-state index is 0.0136. The van der Waals surface area contributed by atoms with Gasteiger partial charge in [0.05, 0.1) is 23.9 Å². The monoisotopic (exact) mass is 338 g/mol. The van der Waals surface area contributed by atoms with E-state index in [0.717, 1.165) is 5.56 Å². The van der Waals surface area contributed by atoms with Gasteiger partial charge >= 0.3 is 0 Å². The number of rotatable bonds is 5. The van der Waals surface area contributed by atoms with Gasteiger partial charge in [0.25, 0.3) is 0 Å². The molecule has 1 saturated heterocycles. The molecule has 1 fully saturated rings. The summed E-state index contributed by atoms with van der Waals surface area (Å²) in [7, 11) is -3.30. The van der Waals surface area contributed by atoms with E-state index in [1.807, 2.05) is 30.3 Å².